The van der Waals surface area contributed by atoms with Crippen molar-refractivity contribution in [2.75, 3.05) is 26.2 Å². The minimum Gasteiger partial charge on any atom is -0.354 e. The van der Waals surface area contributed by atoms with Crippen LogP contribution in [0.4, 0.5) is 0 Å². The molecule has 1 aliphatic rings. The van der Waals surface area contributed by atoms with Crippen LogP contribution in [-0.2, 0) is 19.2 Å². The summed E-state index contributed by atoms with van der Waals surface area (Å²) in [5, 5.41) is 11.1. The van der Waals surface area contributed by atoms with Crippen molar-refractivity contribution in [3.8, 4) is 0 Å². The zero-order chi connectivity index (χ0) is 22.5. The molecule has 2 atom stereocenters. The molecule has 8 nitrogen and oxygen atoms in total. The maximum Gasteiger partial charge on any atom is 0.246 e. The van der Waals surface area contributed by atoms with Crippen LogP contribution in [0.5, 0.6) is 0 Å². The Morgan fingerprint density at radius 1 is 0.667 bits per heavy atom. The summed E-state index contributed by atoms with van der Waals surface area (Å²) >= 11 is 0. The third kappa shape index (κ3) is 9.71. The second-order valence-electron chi connectivity index (χ2n) is 7.92. The SMILES string of the molecule is C=C(C)C(=O)NCCNC(=O)C1CCCCCC(C(=O)NCCNC(=O)C(=C)C)C1. The van der Waals surface area contributed by atoms with Crippen LogP contribution in [0.15, 0.2) is 24.3 Å². The number of rotatable bonds is 10. The predicted octanol–water partition coefficient (Wildman–Crippen LogP) is 1.19. The first-order chi connectivity index (χ1) is 14.2. The highest BCUT2D eigenvalue weighted by molar-refractivity contribution is 5.92. The molecule has 168 valence electrons. The molecule has 0 aromatic rings. The molecule has 0 saturated heterocycles. The average molecular weight is 421 g/mol. The van der Waals surface area contributed by atoms with Crippen molar-refractivity contribution in [3.63, 3.8) is 0 Å². The lowest BCUT2D eigenvalue weighted by molar-refractivity contribution is -0.129. The van der Waals surface area contributed by atoms with E-state index in [1.54, 1.807) is 13.8 Å². The van der Waals surface area contributed by atoms with Gasteiger partial charge in [0.15, 0.2) is 0 Å². The molecule has 2 unspecified atom stereocenters. The van der Waals surface area contributed by atoms with Crippen molar-refractivity contribution in [2.24, 2.45) is 11.8 Å². The lowest BCUT2D eigenvalue weighted by atomic mass is 9.83. The maximum atomic E-state index is 12.6. The van der Waals surface area contributed by atoms with Gasteiger partial charge < -0.3 is 21.3 Å². The van der Waals surface area contributed by atoms with E-state index in [2.05, 4.69) is 34.4 Å². The molecule has 4 N–H and O–H groups in total. The summed E-state index contributed by atoms with van der Waals surface area (Å²) in [5.41, 5.74) is 0.851. The fourth-order valence-corrected chi connectivity index (χ4v) is 3.33. The topological polar surface area (TPSA) is 116 Å². The number of hydrogen-bond acceptors (Lipinski definition) is 4. The highest BCUT2D eigenvalue weighted by Crippen LogP contribution is 2.27. The van der Waals surface area contributed by atoms with E-state index in [4.69, 9.17) is 0 Å². The Labute approximate surface area is 179 Å². The molecular formula is C22H36N4O4. The Bertz CT molecular complexity index is 606. The number of carbonyl (C=O) groups excluding carboxylic acids is 4. The Morgan fingerprint density at radius 2 is 1.03 bits per heavy atom. The van der Waals surface area contributed by atoms with Gasteiger partial charge >= 0.3 is 0 Å². The molecule has 0 spiro atoms. The Kier molecular flexibility index (Phi) is 11.5. The number of carbonyl (C=O) groups is 4. The third-order valence-corrected chi connectivity index (χ3v) is 5.11. The largest absolute Gasteiger partial charge is 0.354 e. The van der Waals surface area contributed by atoms with Gasteiger partial charge in [-0.15, -0.1) is 0 Å². The van der Waals surface area contributed by atoms with Crippen LogP contribution in [0.25, 0.3) is 0 Å². The fourth-order valence-electron chi connectivity index (χ4n) is 3.33. The van der Waals surface area contributed by atoms with Gasteiger partial charge in [0, 0.05) is 49.2 Å². The van der Waals surface area contributed by atoms with Gasteiger partial charge in [-0.25, -0.2) is 0 Å². The van der Waals surface area contributed by atoms with Gasteiger partial charge in [-0.05, 0) is 33.1 Å². The molecule has 0 heterocycles. The molecule has 1 saturated carbocycles. The zero-order valence-electron chi connectivity index (χ0n) is 18.3. The molecule has 0 aromatic carbocycles. The lowest BCUT2D eigenvalue weighted by Crippen LogP contribution is -2.41. The quantitative estimate of drug-likeness (QED) is 0.314. The van der Waals surface area contributed by atoms with E-state index in [-0.39, 0.29) is 35.5 Å². The molecular weight excluding hydrogens is 384 g/mol. The lowest BCUT2D eigenvalue weighted by Gasteiger charge is -2.25. The second kappa shape index (κ2) is 13.6. The van der Waals surface area contributed by atoms with E-state index in [0.717, 1.165) is 32.1 Å². The van der Waals surface area contributed by atoms with E-state index in [1.807, 2.05) is 0 Å². The van der Waals surface area contributed by atoms with Crippen LogP contribution < -0.4 is 21.3 Å². The van der Waals surface area contributed by atoms with Crippen LogP contribution >= 0.6 is 0 Å². The van der Waals surface area contributed by atoms with Gasteiger partial charge in [0.25, 0.3) is 0 Å². The summed E-state index contributed by atoms with van der Waals surface area (Å²) in [4.78, 5) is 48.1. The van der Waals surface area contributed by atoms with Crippen molar-refractivity contribution in [1.29, 1.82) is 0 Å². The molecule has 1 aliphatic carbocycles. The standard InChI is InChI=1S/C22H36N4O4/c1-15(2)19(27)23-10-12-25-21(29)17-8-6-5-7-9-18(14-17)22(30)26-13-11-24-20(28)16(3)4/h17-18H,1,3,5-14H2,2,4H3,(H,23,27)(H,24,28)(H,25,29)(H,26,30). The molecule has 1 fully saturated rings. The normalized spacial score (nSPS) is 18.9. The van der Waals surface area contributed by atoms with Crippen LogP contribution in [0.2, 0.25) is 0 Å². The average Bonchev–Trinajstić information content (AvgIpc) is 2.67. The first-order valence-corrected chi connectivity index (χ1v) is 10.6. The van der Waals surface area contributed by atoms with Gasteiger partial charge in [0.2, 0.25) is 23.6 Å². The summed E-state index contributed by atoms with van der Waals surface area (Å²) in [6, 6.07) is 0. The minimum atomic E-state index is -0.230. The first-order valence-electron chi connectivity index (χ1n) is 10.6. The Hall–Kier alpha value is -2.64. The summed E-state index contributed by atoms with van der Waals surface area (Å²) in [5.74, 6) is -1.05. The van der Waals surface area contributed by atoms with Gasteiger partial charge in [0.1, 0.15) is 0 Å². The minimum absolute atomic E-state index is 0.0759. The van der Waals surface area contributed by atoms with Gasteiger partial charge in [-0.1, -0.05) is 32.4 Å². The van der Waals surface area contributed by atoms with Crippen molar-refractivity contribution in [3.05, 3.63) is 24.3 Å². The van der Waals surface area contributed by atoms with Crippen LogP contribution in [0.3, 0.4) is 0 Å². The van der Waals surface area contributed by atoms with E-state index in [0.29, 0.717) is 43.7 Å². The molecule has 8 heteroatoms. The van der Waals surface area contributed by atoms with Crippen molar-refractivity contribution in [1.82, 2.24) is 21.3 Å². The van der Waals surface area contributed by atoms with Gasteiger partial charge in [-0.2, -0.15) is 0 Å². The first kappa shape index (κ1) is 25.4. The second-order valence-corrected chi connectivity index (χ2v) is 7.92. The van der Waals surface area contributed by atoms with Gasteiger partial charge in [0.05, 0.1) is 0 Å². The number of hydrogen-bond donors (Lipinski definition) is 4. The van der Waals surface area contributed by atoms with Crippen LogP contribution in [0, 0.1) is 11.8 Å². The van der Waals surface area contributed by atoms with Crippen molar-refractivity contribution < 1.29 is 19.2 Å². The molecule has 0 aromatic heterocycles. The molecule has 0 bridgehead atoms. The fraction of sp³-hybridized carbons (Fsp3) is 0.636. The zero-order valence-corrected chi connectivity index (χ0v) is 18.3. The predicted molar refractivity (Wildman–Crippen MR) is 116 cm³/mol. The van der Waals surface area contributed by atoms with Gasteiger partial charge in [-0.3, -0.25) is 19.2 Å². The van der Waals surface area contributed by atoms with E-state index in [1.165, 1.54) is 0 Å². The number of nitrogens with one attached hydrogen (secondary N) is 4. The smallest absolute Gasteiger partial charge is 0.246 e. The highest BCUT2D eigenvalue weighted by atomic mass is 16.2. The summed E-state index contributed by atoms with van der Waals surface area (Å²) in [6.45, 7) is 11.7. The molecule has 0 aliphatic heterocycles. The summed E-state index contributed by atoms with van der Waals surface area (Å²) in [6.07, 6.45) is 4.94. The molecule has 4 amide bonds. The number of amides is 4. The molecule has 0 radical (unpaired) electrons. The summed E-state index contributed by atoms with van der Waals surface area (Å²) in [7, 11) is 0. The Morgan fingerprint density at radius 3 is 1.40 bits per heavy atom. The van der Waals surface area contributed by atoms with E-state index >= 15 is 0 Å². The maximum absolute atomic E-state index is 12.6. The van der Waals surface area contributed by atoms with E-state index < -0.39 is 0 Å². The van der Waals surface area contributed by atoms with Crippen molar-refractivity contribution in [2.45, 2.75) is 52.4 Å². The van der Waals surface area contributed by atoms with Crippen LogP contribution in [0.1, 0.15) is 52.4 Å². The van der Waals surface area contributed by atoms with Crippen molar-refractivity contribution >= 4 is 23.6 Å². The van der Waals surface area contributed by atoms with E-state index in [9.17, 15) is 19.2 Å². The molecule has 1 rings (SSSR count). The summed E-state index contributed by atoms with van der Waals surface area (Å²) < 4.78 is 0. The van der Waals surface area contributed by atoms with Crippen LogP contribution in [-0.4, -0.2) is 49.8 Å². The Balaban J connectivity index is 2.45. The monoisotopic (exact) mass is 420 g/mol. The highest BCUT2D eigenvalue weighted by Gasteiger charge is 2.28. The third-order valence-electron chi connectivity index (χ3n) is 5.11. The molecule has 30 heavy (non-hydrogen) atoms.